The van der Waals surface area contributed by atoms with Crippen molar-refractivity contribution in [1.82, 2.24) is 10.6 Å². The molecule has 6 N–H and O–H groups in total. The van der Waals surface area contributed by atoms with Crippen LogP contribution in [0, 0.1) is 17.8 Å². The molecular formula is C17H22N4O3. The van der Waals surface area contributed by atoms with Crippen LogP contribution in [-0.4, -0.2) is 35.5 Å². The highest BCUT2D eigenvalue weighted by Crippen LogP contribution is 2.07. The lowest BCUT2D eigenvalue weighted by Gasteiger charge is -2.12. The molecular weight excluding hydrogens is 308 g/mol. The van der Waals surface area contributed by atoms with Gasteiger partial charge < -0.3 is 21.5 Å². The first kappa shape index (κ1) is 19.0. The summed E-state index contributed by atoms with van der Waals surface area (Å²) in [6.45, 7) is 0.444. The molecule has 0 aromatic heterocycles. The molecule has 0 radical (unpaired) electrons. The van der Waals surface area contributed by atoms with Crippen LogP contribution < -0.4 is 16.4 Å². The maximum absolute atomic E-state index is 11.6. The van der Waals surface area contributed by atoms with Crippen molar-refractivity contribution in [1.29, 1.82) is 5.41 Å². The van der Waals surface area contributed by atoms with Crippen molar-refractivity contribution < 1.29 is 14.7 Å². The Labute approximate surface area is 141 Å². The third kappa shape index (κ3) is 6.83. The molecule has 7 nitrogen and oxygen atoms in total. The number of carboxylic acids is 1. The highest BCUT2D eigenvalue weighted by atomic mass is 16.4. The van der Waals surface area contributed by atoms with Crippen molar-refractivity contribution >= 4 is 17.8 Å². The normalized spacial score (nSPS) is 11.1. The Bertz CT molecular complexity index is 620. The van der Waals surface area contributed by atoms with Gasteiger partial charge in [0.15, 0.2) is 0 Å². The number of hydrogen-bond donors (Lipinski definition) is 5. The van der Waals surface area contributed by atoms with Gasteiger partial charge in [-0.25, -0.2) is 9.59 Å². The van der Waals surface area contributed by atoms with Crippen LogP contribution in [-0.2, 0) is 11.2 Å². The van der Waals surface area contributed by atoms with E-state index in [0.29, 0.717) is 12.1 Å². The van der Waals surface area contributed by atoms with Gasteiger partial charge in [0.25, 0.3) is 0 Å². The SMILES string of the molecule is C#CCC(NC(=O)NCCCCc1ccc(C(=N)N)cc1)C(=O)O. The number of urea groups is 1. The summed E-state index contributed by atoms with van der Waals surface area (Å²) in [7, 11) is 0. The van der Waals surface area contributed by atoms with Gasteiger partial charge in [-0.1, -0.05) is 24.3 Å². The lowest BCUT2D eigenvalue weighted by Crippen LogP contribution is -2.46. The summed E-state index contributed by atoms with van der Waals surface area (Å²) in [5.41, 5.74) is 7.21. The van der Waals surface area contributed by atoms with Crippen molar-refractivity contribution in [2.24, 2.45) is 5.73 Å². The lowest BCUT2D eigenvalue weighted by molar-refractivity contribution is -0.139. The molecule has 2 amide bonds. The minimum absolute atomic E-state index is 0.0428. The van der Waals surface area contributed by atoms with Crippen LogP contribution in [0.5, 0.6) is 0 Å². The predicted octanol–water partition coefficient (Wildman–Crippen LogP) is 1.07. The average molecular weight is 330 g/mol. The van der Waals surface area contributed by atoms with E-state index in [1.165, 1.54) is 0 Å². The molecule has 7 heteroatoms. The minimum Gasteiger partial charge on any atom is -0.480 e. The first-order valence-electron chi connectivity index (χ1n) is 7.58. The Morgan fingerprint density at radius 1 is 1.29 bits per heavy atom. The zero-order valence-corrected chi connectivity index (χ0v) is 13.3. The zero-order chi connectivity index (χ0) is 17.9. The van der Waals surface area contributed by atoms with Gasteiger partial charge >= 0.3 is 12.0 Å². The minimum atomic E-state index is -1.16. The molecule has 1 aromatic carbocycles. The Morgan fingerprint density at radius 2 is 1.96 bits per heavy atom. The van der Waals surface area contributed by atoms with Gasteiger partial charge in [-0.15, -0.1) is 12.3 Å². The molecule has 0 heterocycles. The van der Waals surface area contributed by atoms with E-state index in [4.69, 9.17) is 22.7 Å². The van der Waals surface area contributed by atoms with Crippen LogP contribution in [0.15, 0.2) is 24.3 Å². The molecule has 0 aliphatic carbocycles. The van der Waals surface area contributed by atoms with Gasteiger partial charge in [0.2, 0.25) is 0 Å². The number of hydrogen-bond acceptors (Lipinski definition) is 3. The molecule has 1 rings (SSSR count). The number of benzene rings is 1. The smallest absolute Gasteiger partial charge is 0.327 e. The van der Waals surface area contributed by atoms with E-state index >= 15 is 0 Å². The van der Waals surface area contributed by atoms with Crippen LogP contribution in [0.2, 0.25) is 0 Å². The van der Waals surface area contributed by atoms with Crippen molar-refractivity contribution in [3.05, 3.63) is 35.4 Å². The summed E-state index contributed by atoms with van der Waals surface area (Å²) >= 11 is 0. The molecule has 0 saturated heterocycles. The van der Waals surface area contributed by atoms with Gasteiger partial charge in [0.05, 0.1) is 0 Å². The highest BCUT2D eigenvalue weighted by Gasteiger charge is 2.18. The summed E-state index contributed by atoms with van der Waals surface area (Å²) < 4.78 is 0. The first-order valence-corrected chi connectivity index (χ1v) is 7.58. The average Bonchev–Trinajstić information content (AvgIpc) is 2.54. The van der Waals surface area contributed by atoms with Crippen molar-refractivity contribution in [2.75, 3.05) is 6.54 Å². The second-order valence-corrected chi connectivity index (χ2v) is 5.27. The third-order valence-electron chi connectivity index (χ3n) is 3.37. The van der Waals surface area contributed by atoms with E-state index in [0.717, 1.165) is 24.8 Å². The van der Waals surface area contributed by atoms with Crippen molar-refractivity contribution in [2.45, 2.75) is 31.7 Å². The van der Waals surface area contributed by atoms with Gasteiger partial charge in [0, 0.05) is 18.5 Å². The Balaban J connectivity index is 2.23. The fourth-order valence-corrected chi connectivity index (χ4v) is 2.03. The number of amides is 2. The Hall–Kier alpha value is -3.01. The van der Waals surface area contributed by atoms with E-state index in [1.807, 2.05) is 12.1 Å². The van der Waals surface area contributed by atoms with Gasteiger partial charge in [0.1, 0.15) is 11.9 Å². The molecule has 1 aromatic rings. The number of nitrogen functional groups attached to an aromatic ring is 1. The topological polar surface area (TPSA) is 128 Å². The van der Waals surface area contributed by atoms with Crippen LogP contribution in [0.3, 0.4) is 0 Å². The summed E-state index contributed by atoms with van der Waals surface area (Å²) in [4.78, 5) is 22.4. The number of rotatable bonds is 9. The first-order chi connectivity index (χ1) is 11.4. The number of amidine groups is 1. The van der Waals surface area contributed by atoms with E-state index in [9.17, 15) is 9.59 Å². The number of nitrogens with two attached hydrogens (primary N) is 1. The van der Waals surface area contributed by atoms with Crippen LogP contribution in [0.1, 0.15) is 30.4 Å². The number of carboxylic acid groups (broad SMARTS) is 1. The fraction of sp³-hybridized carbons (Fsp3) is 0.353. The molecule has 0 spiro atoms. The van der Waals surface area contributed by atoms with E-state index in [-0.39, 0.29) is 12.3 Å². The van der Waals surface area contributed by atoms with Gasteiger partial charge in [-0.2, -0.15) is 0 Å². The predicted molar refractivity (Wildman–Crippen MR) is 91.8 cm³/mol. The lowest BCUT2D eigenvalue weighted by atomic mass is 10.1. The molecule has 1 atom stereocenters. The quantitative estimate of drug-likeness (QED) is 0.201. The second-order valence-electron chi connectivity index (χ2n) is 5.27. The van der Waals surface area contributed by atoms with Gasteiger partial charge in [-0.05, 0) is 24.8 Å². The van der Waals surface area contributed by atoms with E-state index < -0.39 is 18.0 Å². The summed E-state index contributed by atoms with van der Waals surface area (Å²) in [6.07, 6.45) is 7.47. The second kappa shape index (κ2) is 9.90. The highest BCUT2D eigenvalue weighted by molar-refractivity contribution is 5.94. The number of unbranched alkanes of at least 4 members (excludes halogenated alkanes) is 1. The number of carbonyl (C=O) groups is 2. The maximum atomic E-state index is 11.6. The molecule has 1 unspecified atom stereocenters. The molecule has 0 bridgehead atoms. The standard InChI is InChI=1S/C17H22N4O3/c1-2-5-14(16(22)23)21-17(24)20-11-4-3-6-12-7-9-13(10-8-12)15(18)19/h1,7-10,14H,3-6,11H2,(H3,18,19)(H,22,23)(H2,20,21,24). The number of carbonyl (C=O) groups excluding carboxylic acids is 1. The molecule has 0 saturated carbocycles. The molecule has 0 aliphatic heterocycles. The van der Waals surface area contributed by atoms with E-state index in [1.54, 1.807) is 12.1 Å². The fourth-order valence-electron chi connectivity index (χ4n) is 2.03. The third-order valence-corrected chi connectivity index (χ3v) is 3.37. The maximum Gasteiger partial charge on any atom is 0.327 e. The molecule has 24 heavy (non-hydrogen) atoms. The van der Waals surface area contributed by atoms with Crippen molar-refractivity contribution in [3.63, 3.8) is 0 Å². The summed E-state index contributed by atoms with van der Waals surface area (Å²) in [5.74, 6) is 1.10. The van der Waals surface area contributed by atoms with E-state index in [2.05, 4.69) is 16.6 Å². The largest absolute Gasteiger partial charge is 0.480 e. The molecule has 128 valence electrons. The Morgan fingerprint density at radius 3 is 2.50 bits per heavy atom. The number of aliphatic carboxylic acids is 1. The monoisotopic (exact) mass is 330 g/mol. The molecule has 0 aliphatic rings. The summed E-state index contributed by atoms with van der Waals surface area (Å²) in [6, 6.07) is 5.85. The number of nitrogens with one attached hydrogen (secondary N) is 3. The molecule has 0 fully saturated rings. The summed E-state index contributed by atoms with van der Waals surface area (Å²) in [5, 5.41) is 21.1. The Kier molecular flexibility index (Phi) is 7.85. The number of aryl methyl sites for hydroxylation is 1. The van der Waals surface area contributed by atoms with Crippen LogP contribution in [0.4, 0.5) is 4.79 Å². The number of terminal acetylenes is 1. The zero-order valence-electron chi connectivity index (χ0n) is 13.3. The van der Waals surface area contributed by atoms with Crippen LogP contribution in [0.25, 0.3) is 0 Å². The van der Waals surface area contributed by atoms with Crippen LogP contribution >= 0.6 is 0 Å². The van der Waals surface area contributed by atoms with Crippen molar-refractivity contribution in [3.8, 4) is 12.3 Å². The van der Waals surface area contributed by atoms with Gasteiger partial charge in [-0.3, -0.25) is 5.41 Å².